The molecule has 8 nitrogen and oxygen atoms in total. The molecule has 152 valence electrons. The van der Waals surface area contributed by atoms with Crippen LogP contribution in [0.4, 0.5) is 4.79 Å². The number of ether oxygens (including phenoxy) is 1. The molecule has 6 N–H and O–H groups in total. The van der Waals surface area contributed by atoms with Crippen molar-refractivity contribution in [1.82, 2.24) is 10.2 Å². The molecule has 1 rings (SSSR count). The monoisotopic (exact) mass is 372 g/mol. The lowest BCUT2D eigenvalue weighted by Crippen LogP contribution is -2.75. The minimum Gasteiger partial charge on any atom is -0.465 e. The molecular weight excluding hydrogens is 336 g/mol. The van der Waals surface area contributed by atoms with Gasteiger partial charge in [-0.2, -0.15) is 0 Å². The molecule has 0 spiro atoms. The molecule has 1 aliphatic rings. The Kier molecular flexibility index (Phi) is 8.30. The van der Waals surface area contributed by atoms with Crippen molar-refractivity contribution >= 4 is 12.1 Å². The third-order valence-electron chi connectivity index (χ3n) is 5.55. The Morgan fingerprint density at radius 3 is 2.35 bits per heavy atom. The molecule has 1 unspecified atom stereocenters. The van der Waals surface area contributed by atoms with Crippen LogP contribution in [0, 0.1) is 0 Å². The SMILES string of the molecule is CCCCOC(=O)C(CC)(NCCN)C(C)(C)N(C(=O)O)C1CC(N)C1. The first kappa shape index (κ1) is 22.7. The van der Waals surface area contributed by atoms with E-state index in [1.54, 1.807) is 13.8 Å². The maximum atomic E-state index is 13.1. The van der Waals surface area contributed by atoms with Gasteiger partial charge in [0.1, 0.15) is 5.54 Å². The maximum Gasteiger partial charge on any atom is 0.408 e. The first-order chi connectivity index (χ1) is 12.2. The van der Waals surface area contributed by atoms with Crippen molar-refractivity contribution < 1.29 is 19.4 Å². The van der Waals surface area contributed by atoms with Gasteiger partial charge in [-0.25, -0.2) is 9.59 Å². The fourth-order valence-electron chi connectivity index (χ4n) is 3.86. The number of carbonyl (C=O) groups is 2. The third-order valence-corrected chi connectivity index (χ3v) is 5.55. The van der Waals surface area contributed by atoms with Crippen molar-refractivity contribution in [3.05, 3.63) is 0 Å². The Morgan fingerprint density at radius 2 is 1.92 bits per heavy atom. The molecule has 0 aromatic heterocycles. The number of carboxylic acid groups (broad SMARTS) is 1. The number of amides is 1. The number of unbranched alkanes of at least 4 members (excludes halogenated alkanes) is 1. The molecule has 0 aromatic carbocycles. The highest BCUT2D eigenvalue weighted by molar-refractivity contribution is 5.84. The van der Waals surface area contributed by atoms with Crippen LogP contribution in [0.2, 0.25) is 0 Å². The van der Waals surface area contributed by atoms with Crippen molar-refractivity contribution in [2.75, 3.05) is 19.7 Å². The van der Waals surface area contributed by atoms with E-state index in [9.17, 15) is 14.7 Å². The van der Waals surface area contributed by atoms with Crippen LogP contribution in [0.5, 0.6) is 0 Å². The molecule has 0 aliphatic heterocycles. The minimum atomic E-state index is -1.18. The molecular formula is C18H36N4O4. The highest BCUT2D eigenvalue weighted by Crippen LogP contribution is 2.38. The Labute approximate surface area is 156 Å². The number of nitrogens with zero attached hydrogens (tertiary/aromatic N) is 1. The van der Waals surface area contributed by atoms with Gasteiger partial charge < -0.3 is 21.3 Å². The molecule has 0 aromatic rings. The Balaban J connectivity index is 3.22. The van der Waals surface area contributed by atoms with E-state index < -0.39 is 23.1 Å². The molecule has 1 amide bonds. The molecule has 0 bridgehead atoms. The molecule has 1 saturated carbocycles. The van der Waals surface area contributed by atoms with Gasteiger partial charge in [0.2, 0.25) is 0 Å². The van der Waals surface area contributed by atoms with Crippen LogP contribution in [0.25, 0.3) is 0 Å². The number of carbonyl (C=O) groups excluding carboxylic acids is 1. The van der Waals surface area contributed by atoms with E-state index >= 15 is 0 Å². The van der Waals surface area contributed by atoms with E-state index in [0.717, 1.165) is 12.8 Å². The lowest BCUT2D eigenvalue weighted by atomic mass is 9.72. The van der Waals surface area contributed by atoms with E-state index in [2.05, 4.69) is 5.32 Å². The summed E-state index contributed by atoms with van der Waals surface area (Å²) in [6, 6.07) is -0.200. The van der Waals surface area contributed by atoms with Crippen LogP contribution in [-0.2, 0) is 9.53 Å². The summed E-state index contributed by atoms with van der Waals surface area (Å²) in [5.74, 6) is -0.429. The number of hydrogen-bond donors (Lipinski definition) is 4. The Hall–Kier alpha value is -1.38. The van der Waals surface area contributed by atoms with Gasteiger partial charge in [0.05, 0.1) is 12.1 Å². The summed E-state index contributed by atoms with van der Waals surface area (Å²) >= 11 is 0. The van der Waals surface area contributed by atoms with Crippen molar-refractivity contribution in [3.63, 3.8) is 0 Å². The molecule has 0 saturated heterocycles. The van der Waals surface area contributed by atoms with Crippen molar-refractivity contribution in [2.45, 2.75) is 83.0 Å². The summed E-state index contributed by atoms with van der Waals surface area (Å²) < 4.78 is 5.52. The fraction of sp³-hybridized carbons (Fsp3) is 0.889. The van der Waals surface area contributed by atoms with Crippen molar-refractivity contribution in [1.29, 1.82) is 0 Å². The van der Waals surface area contributed by atoms with E-state index in [-0.39, 0.29) is 12.1 Å². The van der Waals surface area contributed by atoms with Crippen molar-refractivity contribution in [3.8, 4) is 0 Å². The van der Waals surface area contributed by atoms with Gasteiger partial charge >= 0.3 is 12.1 Å². The molecule has 1 aliphatic carbocycles. The Bertz CT molecular complexity index is 480. The molecule has 0 heterocycles. The standard InChI is InChI=1S/C18H36N4O4/c1-5-7-10-26-15(23)18(6-2,21-9-8-19)17(3,4)22(16(24)25)14-11-13(20)12-14/h13-14,21H,5-12,19-20H2,1-4H3,(H,24,25). The molecule has 8 heteroatoms. The minimum absolute atomic E-state index is 0.00202. The van der Waals surface area contributed by atoms with Crippen LogP contribution < -0.4 is 16.8 Å². The normalized spacial score (nSPS) is 22.2. The molecule has 1 atom stereocenters. The van der Waals surface area contributed by atoms with Gasteiger partial charge in [-0.15, -0.1) is 0 Å². The number of esters is 1. The highest BCUT2D eigenvalue weighted by atomic mass is 16.5. The van der Waals surface area contributed by atoms with Gasteiger partial charge in [-0.3, -0.25) is 10.2 Å². The summed E-state index contributed by atoms with van der Waals surface area (Å²) in [4.78, 5) is 26.5. The molecule has 1 fully saturated rings. The third kappa shape index (κ3) is 4.47. The quantitative estimate of drug-likeness (QED) is 0.317. The second-order valence-electron chi connectivity index (χ2n) is 7.56. The molecule has 0 radical (unpaired) electrons. The Morgan fingerprint density at radius 1 is 1.31 bits per heavy atom. The smallest absolute Gasteiger partial charge is 0.408 e. The van der Waals surface area contributed by atoms with Gasteiger partial charge in [-0.05, 0) is 39.5 Å². The highest BCUT2D eigenvalue weighted by Gasteiger charge is 2.57. The van der Waals surface area contributed by atoms with Crippen LogP contribution >= 0.6 is 0 Å². The summed E-state index contributed by atoms with van der Waals surface area (Å²) in [6.07, 6.45) is 2.19. The van der Waals surface area contributed by atoms with E-state index in [1.165, 1.54) is 4.90 Å². The zero-order valence-electron chi connectivity index (χ0n) is 16.6. The van der Waals surface area contributed by atoms with Gasteiger partial charge in [0.15, 0.2) is 0 Å². The first-order valence-corrected chi connectivity index (χ1v) is 9.58. The predicted octanol–water partition coefficient (Wildman–Crippen LogP) is 1.28. The zero-order valence-corrected chi connectivity index (χ0v) is 16.6. The number of hydrogen-bond acceptors (Lipinski definition) is 6. The summed E-state index contributed by atoms with van der Waals surface area (Å²) in [5.41, 5.74) is 9.30. The predicted molar refractivity (Wildman–Crippen MR) is 101 cm³/mol. The average Bonchev–Trinajstić information content (AvgIpc) is 2.54. The van der Waals surface area contributed by atoms with E-state index in [1.807, 2.05) is 13.8 Å². The summed E-state index contributed by atoms with van der Waals surface area (Å²) in [7, 11) is 0. The van der Waals surface area contributed by atoms with Crippen LogP contribution in [0.15, 0.2) is 0 Å². The lowest BCUT2D eigenvalue weighted by molar-refractivity contribution is -0.160. The average molecular weight is 373 g/mol. The van der Waals surface area contributed by atoms with Gasteiger partial charge in [0, 0.05) is 25.2 Å². The van der Waals surface area contributed by atoms with E-state index in [0.29, 0.717) is 39.0 Å². The maximum absolute atomic E-state index is 13.1. The summed E-state index contributed by atoms with van der Waals surface area (Å²) in [6.45, 7) is 8.47. The molecule has 26 heavy (non-hydrogen) atoms. The van der Waals surface area contributed by atoms with Crippen LogP contribution in [0.1, 0.15) is 59.8 Å². The van der Waals surface area contributed by atoms with Crippen molar-refractivity contribution in [2.24, 2.45) is 11.5 Å². The second-order valence-corrected chi connectivity index (χ2v) is 7.56. The number of rotatable bonds is 11. The zero-order chi connectivity index (χ0) is 20.0. The second kappa shape index (κ2) is 9.53. The number of nitrogens with two attached hydrogens (primary N) is 2. The largest absolute Gasteiger partial charge is 0.465 e. The topological polar surface area (TPSA) is 131 Å². The summed E-state index contributed by atoms with van der Waals surface area (Å²) in [5, 5.41) is 13.1. The van der Waals surface area contributed by atoms with Crippen LogP contribution in [0.3, 0.4) is 0 Å². The van der Waals surface area contributed by atoms with E-state index in [4.69, 9.17) is 16.2 Å². The first-order valence-electron chi connectivity index (χ1n) is 9.58. The number of nitrogens with one attached hydrogen (secondary N) is 1. The fourth-order valence-corrected chi connectivity index (χ4v) is 3.86. The van der Waals surface area contributed by atoms with Crippen LogP contribution in [-0.4, -0.2) is 64.9 Å². The van der Waals surface area contributed by atoms with Gasteiger partial charge in [0.25, 0.3) is 0 Å². The lowest BCUT2D eigenvalue weighted by Gasteiger charge is -2.54. The van der Waals surface area contributed by atoms with Gasteiger partial charge in [-0.1, -0.05) is 20.3 Å².